The van der Waals surface area contributed by atoms with E-state index in [1.807, 2.05) is 57.3 Å². The van der Waals surface area contributed by atoms with Gasteiger partial charge in [0.05, 0.1) is 19.1 Å². The van der Waals surface area contributed by atoms with E-state index in [1.165, 1.54) is 32.1 Å². The van der Waals surface area contributed by atoms with Crippen molar-refractivity contribution in [2.45, 2.75) is 80.8 Å². The van der Waals surface area contributed by atoms with Crippen molar-refractivity contribution in [2.24, 2.45) is 11.8 Å². The standard InChI is InChI=1S/C18H17NO4.C13H18ClN.C5H10O2.C4H7ClO.C2H3N/c1-11(17(20)21)19-18(22)23-10-16-14-8-4-2-6-12(14)13-7-3-5-9-15(13)16;1-10(2)13(14)15(4)9-12-7-5-11(3)6-8-12;1-4(2)5(6)7-3;1-3(2)4(5)6;1-2-3/h2-9,11,16H,10H2,1H3,(H,19,22)(H,20,21);5-8H,9H2,1-4H3;4H,1-3H3;3H,1-2H3;1H3/t11-;;;;/m0..../s1. The van der Waals surface area contributed by atoms with Gasteiger partial charge in [0, 0.05) is 32.4 Å². The molecule has 3 aromatic carbocycles. The number of carboxylic acids is 1. The van der Waals surface area contributed by atoms with Gasteiger partial charge in [-0.15, -0.1) is 0 Å². The number of hydrogen-bond donors (Lipinski definition) is 2. The Labute approximate surface area is 331 Å². The number of nitrogens with zero attached hydrogens (tertiary/aromatic N) is 2. The molecule has 0 aromatic heterocycles. The van der Waals surface area contributed by atoms with Gasteiger partial charge in [-0.25, -0.2) is 4.79 Å². The van der Waals surface area contributed by atoms with Crippen LogP contribution >= 0.6 is 23.2 Å². The highest BCUT2D eigenvalue weighted by atomic mass is 35.5. The third-order valence-electron chi connectivity index (χ3n) is 7.46. The molecule has 0 radical (unpaired) electrons. The van der Waals surface area contributed by atoms with Crippen LogP contribution in [0.5, 0.6) is 0 Å². The zero-order chi connectivity index (χ0) is 41.5. The molecule has 2 N–H and O–H groups in total. The number of esters is 1. The van der Waals surface area contributed by atoms with Gasteiger partial charge in [-0.3, -0.25) is 14.4 Å². The lowest BCUT2D eigenvalue weighted by atomic mass is 9.98. The van der Waals surface area contributed by atoms with Gasteiger partial charge in [0.2, 0.25) is 5.24 Å². The number of hydrogen-bond acceptors (Lipinski definition) is 8. The fraction of sp³-hybridized carbons (Fsp3) is 0.405. The second-order valence-electron chi connectivity index (χ2n) is 13.0. The number of aryl methyl sites for hydroxylation is 1. The number of halogens is 2. The Kier molecular flexibility index (Phi) is 23.7. The number of nitriles is 1. The van der Waals surface area contributed by atoms with E-state index in [9.17, 15) is 19.2 Å². The molecule has 1 aliphatic rings. The molecule has 0 spiro atoms. The van der Waals surface area contributed by atoms with Crippen LogP contribution in [0.15, 0.2) is 83.5 Å². The van der Waals surface area contributed by atoms with E-state index >= 15 is 0 Å². The topological polar surface area (TPSA) is 146 Å². The molecular formula is C42H55Cl2N3O7. The van der Waals surface area contributed by atoms with E-state index in [4.69, 9.17) is 38.3 Å². The summed E-state index contributed by atoms with van der Waals surface area (Å²) in [6.45, 7) is 17.1. The molecule has 0 aliphatic heterocycles. The predicted octanol–water partition coefficient (Wildman–Crippen LogP) is 9.67. The van der Waals surface area contributed by atoms with Crippen molar-refractivity contribution in [3.8, 4) is 17.2 Å². The van der Waals surface area contributed by atoms with Crippen molar-refractivity contribution in [3.05, 3.63) is 106 Å². The Hall–Kier alpha value is -4.85. The van der Waals surface area contributed by atoms with Crippen molar-refractivity contribution < 1.29 is 33.8 Å². The highest BCUT2D eigenvalue weighted by Gasteiger charge is 2.29. The second-order valence-corrected chi connectivity index (χ2v) is 13.8. The normalized spacial score (nSPS) is 11.0. The SMILES string of the molecule is CC#N.CC(C)=C(Cl)N(C)Cc1ccc(C)cc1.CC(C)C(=O)Cl.COC(=O)C(C)C.C[C@H](NC(=O)OCC1c2ccccc2-c2ccccc21)C(=O)O. The van der Waals surface area contributed by atoms with Gasteiger partial charge in [-0.1, -0.05) is 118 Å². The number of rotatable bonds is 9. The van der Waals surface area contributed by atoms with Crippen molar-refractivity contribution >= 4 is 46.5 Å². The van der Waals surface area contributed by atoms with Gasteiger partial charge in [0.25, 0.3) is 0 Å². The molecule has 1 amide bonds. The van der Waals surface area contributed by atoms with E-state index < -0.39 is 18.1 Å². The van der Waals surface area contributed by atoms with Gasteiger partial charge in [0.15, 0.2) is 0 Å². The van der Waals surface area contributed by atoms with Gasteiger partial charge < -0.3 is 24.8 Å². The molecule has 0 heterocycles. The third-order valence-corrected chi connectivity index (χ3v) is 8.57. The Bertz CT molecular complexity index is 1670. The number of carboxylic acid groups (broad SMARTS) is 1. The molecule has 1 atom stereocenters. The quantitative estimate of drug-likeness (QED) is 0.123. The summed E-state index contributed by atoms with van der Waals surface area (Å²) in [5, 5.41) is 19.0. The molecule has 0 saturated heterocycles. The van der Waals surface area contributed by atoms with E-state index in [2.05, 4.69) is 58.3 Å². The van der Waals surface area contributed by atoms with E-state index in [0.29, 0.717) is 0 Å². The molecule has 3 aromatic rings. The maximum atomic E-state index is 11.7. The van der Waals surface area contributed by atoms with Gasteiger partial charge in [-0.05, 0) is 72.7 Å². The molecule has 1 aliphatic carbocycles. The minimum Gasteiger partial charge on any atom is -0.480 e. The molecule has 54 heavy (non-hydrogen) atoms. The molecule has 0 bridgehead atoms. The molecule has 294 valence electrons. The fourth-order valence-corrected chi connectivity index (χ4v) is 4.59. The Morgan fingerprint density at radius 2 is 1.31 bits per heavy atom. The Morgan fingerprint density at radius 3 is 1.67 bits per heavy atom. The summed E-state index contributed by atoms with van der Waals surface area (Å²) in [5.41, 5.74) is 8.25. The van der Waals surface area contributed by atoms with E-state index in [1.54, 1.807) is 33.8 Å². The minimum absolute atomic E-state index is 0.00463. The molecule has 4 rings (SSSR count). The van der Waals surface area contributed by atoms with Crippen LogP contribution in [0.2, 0.25) is 0 Å². The first-order chi connectivity index (χ1) is 25.3. The lowest BCUT2D eigenvalue weighted by Gasteiger charge is -2.19. The summed E-state index contributed by atoms with van der Waals surface area (Å²) >= 11 is 11.1. The van der Waals surface area contributed by atoms with Crippen LogP contribution in [0.3, 0.4) is 0 Å². The first-order valence-corrected chi connectivity index (χ1v) is 18.1. The van der Waals surface area contributed by atoms with E-state index in [0.717, 1.165) is 39.5 Å². The maximum absolute atomic E-state index is 11.7. The largest absolute Gasteiger partial charge is 0.480 e. The average Bonchev–Trinajstić information content (AvgIpc) is 3.45. The lowest BCUT2D eigenvalue weighted by molar-refractivity contribution is -0.144. The molecule has 0 unspecified atom stereocenters. The van der Waals surface area contributed by atoms with Gasteiger partial charge >= 0.3 is 18.0 Å². The number of carbonyl (C=O) groups excluding carboxylic acids is 3. The maximum Gasteiger partial charge on any atom is 0.407 e. The molecule has 0 fully saturated rings. The van der Waals surface area contributed by atoms with Gasteiger partial charge in [0.1, 0.15) is 17.8 Å². The molecular weight excluding hydrogens is 729 g/mol. The average molecular weight is 785 g/mol. The third kappa shape index (κ3) is 18.3. The van der Waals surface area contributed by atoms with Crippen LogP contribution in [0.4, 0.5) is 4.79 Å². The summed E-state index contributed by atoms with van der Waals surface area (Å²) in [6, 6.07) is 25.4. The van der Waals surface area contributed by atoms with Crippen molar-refractivity contribution in [3.63, 3.8) is 0 Å². The lowest BCUT2D eigenvalue weighted by Crippen LogP contribution is -2.39. The highest BCUT2D eigenvalue weighted by Crippen LogP contribution is 2.44. The van der Waals surface area contributed by atoms with Crippen LogP contribution in [0.1, 0.15) is 83.6 Å². The summed E-state index contributed by atoms with van der Waals surface area (Å²) in [6.07, 6.45) is -0.721. The predicted molar refractivity (Wildman–Crippen MR) is 216 cm³/mol. The van der Waals surface area contributed by atoms with Gasteiger partial charge in [-0.2, -0.15) is 5.26 Å². The zero-order valence-corrected chi connectivity index (χ0v) is 34.7. The minimum atomic E-state index is -1.10. The highest BCUT2D eigenvalue weighted by molar-refractivity contribution is 6.63. The fourth-order valence-electron chi connectivity index (χ4n) is 4.53. The van der Waals surface area contributed by atoms with E-state index in [-0.39, 0.29) is 35.6 Å². The number of benzene rings is 3. The van der Waals surface area contributed by atoms with Crippen LogP contribution in [-0.4, -0.2) is 60.1 Å². The summed E-state index contributed by atoms with van der Waals surface area (Å²) < 4.78 is 9.62. The summed E-state index contributed by atoms with van der Waals surface area (Å²) in [4.78, 5) is 44.7. The number of fused-ring (bicyclic) bond motifs is 3. The number of allylic oxidation sites excluding steroid dienone is 1. The zero-order valence-electron chi connectivity index (χ0n) is 33.2. The van der Waals surface area contributed by atoms with Crippen LogP contribution in [0.25, 0.3) is 11.1 Å². The van der Waals surface area contributed by atoms with Crippen molar-refractivity contribution in [1.29, 1.82) is 5.26 Å². The number of amides is 1. The first kappa shape index (κ1) is 49.1. The number of carbonyl (C=O) groups is 4. The molecule has 12 heteroatoms. The van der Waals surface area contributed by atoms with Crippen molar-refractivity contribution in [1.82, 2.24) is 10.2 Å². The van der Waals surface area contributed by atoms with Crippen molar-refractivity contribution in [2.75, 3.05) is 20.8 Å². The smallest absolute Gasteiger partial charge is 0.407 e. The number of ether oxygens (including phenoxy) is 2. The van der Waals surface area contributed by atoms with Crippen LogP contribution in [0, 0.1) is 30.1 Å². The number of nitrogens with one attached hydrogen (secondary N) is 1. The second kappa shape index (κ2) is 26.0. The van der Waals surface area contributed by atoms with Crippen LogP contribution in [-0.2, 0) is 30.4 Å². The number of aliphatic carboxylic acids is 1. The number of methoxy groups -OCH3 is 1. The Morgan fingerprint density at radius 1 is 0.870 bits per heavy atom. The monoisotopic (exact) mass is 783 g/mol. The number of alkyl carbamates (subject to hydrolysis) is 1. The summed E-state index contributed by atoms with van der Waals surface area (Å²) in [5.74, 6) is -1.30. The first-order valence-electron chi connectivity index (χ1n) is 17.3. The summed E-state index contributed by atoms with van der Waals surface area (Å²) in [7, 11) is 3.40. The molecule has 0 saturated carbocycles. The Balaban J connectivity index is 0.000000775. The molecule has 10 nitrogen and oxygen atoms in total. The van der Waals surface area contributed by atoms with Crippen LogP contribution < -0.4 is 5.32 Å².